The van der Waals surface area contributed by atoms with E-state index in [4.69, 9.17) is 5.11 Å². The average Bonchev–Trinajstić information content (AvgIpc) is 2.38. The molecule has 3 unspecified atom stereocenters. The molecule has 1 aliphatic rings. The van der Waals surface area contributed by atoms with Gasteiger partial charge in [-0.1, -0.05) is 39.7 Å². The Kier molecular flexibility index (Phi) is 5.15. The maximum Gasteiger partial charge on any atom is 0.331 e. The molecule has 0 aromatic heterocycles. The summed E-state index contributed by atoms with van der Waals surface area (Å²) in [6, 6.07) is 0. The number of hydrogen-bond donors (Lipinski definition) is 2. The van der Waals surface area contributed by atoms with Crippen molar-refractivity contribution >= 4 is 11.9 Å². The topological polar surface area (TPSA) is 74.6 Å². The van der Waals surface area contributed by atoms with E-state index >= 15 is 0 Å². The fourth-order valence-electron chi connectivity index (χ4n) is 3.86. The van der Waals surface area contributed by atoms with Crippen LogP contribution in [-0.2, 0) is 9.59 Å². The lowest BCUT2D eigenvalue weighted by molar-refractivity contribution is -0.151. The second-order valence-electron chi connectivity index (χ2n) is 5.54. The third kappa shape index (κ3) is 2.82. The predicted octanol–water partition coefficient (Wildman–Crippen LogP) is 3.32. The summed E-state index contributed by atoms with van der Waals surface area (Å²) in [6.07, 6.45) is 5.43. The van der Waals surface area contributed by atoms with Gasteiger partial charge in [0, 0.05) is 5.57 Å². The molecule has 0 bridgehead atoms. The molecule has 1 rings (SSSR count). The van der Waals surface area contributed by atoms with Gasteiger partial charge in [-0.2, -0.15) is 0 Å². The molecule has 0 aromatic carbocycles. The first-order valence-corrected chi connectivity index (χ1v) is 7.05. The van der Waals surface area contributed by atoms with E-state index in [0.717, 1.165) is 32.1 Å². The zero-order valence-electron chi connectivity index (χ0n) is 11.8. The Bertz CT molecular complexity index is 374. The molecule has 0 spiro atoms. The molecule has 108 valence electrons. The van der Waals surface area contributed by atoms with E-state index < -0.39 is 23.3 Å². The van der Waals surface area contributed by atoms with Gasteiger partial charge in [-0.3, -0.25) is 4.79 Å². The van der Waals surface area contributed by atoms with Crippen molar-refractivity contribution in [2.75, 3.05) is 0 Å². The van der Waals surface area contributed by atoms with Crippen LogP contribution in [0.2, 0.25) is 0 Å². The molecule has 1 saturated carbocycles. The summed E-state index contributed by atoms with van der Waals surface area (Å²) in [4.78, 5) is 22.8. The van der Waals surface area contributed by atoms with Crippen LogP contribution in [0.25, 0.3) is 0 Å². The third-order valence-electron chi connectivity index (χ3n) is 4.85. The van der Waals surface area contributed by atoms with Gasteiger partial charge < -0.3 is 10.2 Å². The molecule has 1 aliphatic carbocycles. The van der Waals surface area contributed by atoms with Crippen LogP contribution in [0.4, 0.5) is 0 Å². The van der Waals surface area contributed by atoms with Gasteiger partial charge in [0.05, 0.1) is 5.92 Å². The highest BCUT2D eigenvalue weighted by Gasteiger charge is 2.50. The smallest absolute Gasteiger partial charge is 0.331 e. The molecule has 0 saturated heterocycles. The van der Waals surface area contributed by atoms with Crippen LogP contribution < -0.4 is 0 Å². The molecule has 2 N–H and O–H groups in total. The normalized spacial score (nSPS) is 28.6. The maximum absolute atomic E-state index is 11.6. The van der Waals surface area contributed by atoms with Crippen LogP contribution in [0.1, 0.15) is 52.4 Å². The number of carboxylic acid groups (broad SMARTS) is 2. The van der Waals surface area contributed by atoms with Gasteiger partial charge in [-0.05, 0) is 30.6 Å². The SMILES string of the molecule is C=C(C(=O)O)C(C(=O)O)C1(CC)CCCCC1CC. The molecule has 0 radical (unpaired) electrons. The Morgan fingerprint density at radius 3 is 2.37 bits per heavy atom. The van der Waals surface area contributed by atoms with Crippen LogP contribution >= 0.6 is 0 Å². The van der Waals surface area contributed by atoms with E-state index in [9.17, 15) is 14.7 Å². The fourth-order valence-corrected chi connectivity index (χ4v) is 3.86. The van der Waals surface area contributed by atoms with Crippen molar-refractivity contribution in [3.8, 4) is 0 Å². The molecule has 0 aromatic rings. The molecule has 4 heteroatoms. The lowest BCUT2D eigenvalue weighted by atomic mass is 9.56. The van der Waals surface area contributed by atoms with E-state index in [1.165, 1.54) is 0 Å². The van der Waals surface area contributed by atoms with E-state index in [1.807, 2.05) is 6.92 Å². The summed E-state index contributed by atoms with van der Waals surface area (Å²) in [7, 11) is 0. The van der Waals surface area contributed by atoms with Crippen LogP contribution in [-0.4, -0.2) is 22.2 Å². The van der Waals surface area contributed by atoms with Crippen LogP contribution in [0, 0.1) is 17.3 Å². The summed E-state index contributed by atoms with van der Waals surface area (Å²) in [5, 5.41) is 18.7. The highest BCUT2D eigenvalue weighted by Crippen LogP contribution is 2.52. The molecule has 0 aliphatic heterocycles. The van der Waals surface area contributed by atoms with E-state index in [1.54, 1.807) is 0 Å². The van der Waals surface area contributed by atoms with E-state index in [-0.39, 0.29) is 11.5 Å². The zero-order chi connectivity index (χ0) is 14.6. The van der Waals surface area contributed by atoms with E-state index in [2.05, 4.69) is 13.5 Å². The lowest BCUT2D eigenvalue weighted by Crippen LogP contribution is -2.45. The van der Waals surface area contributed by atoms with Crippen molar-refractivity contribution in [1.29, 1.82) is 0 Å². The summed E-state index contributed by atoms with van der Waals surface area (Å²) in [6.45, 7) is 7.56. The Hall–Kier alpha value is -1.32. The first kappa shape index (κ1) is 15.7. The van der Waals surface area contributed by atoms with Crippen LogP contribution in [0.15, 0.2) is 12.2 Å². The van der Waals surface area contributed by atoms with Gasteiger partial charge >= 0.3 is 11.9 Å². The molecular formula is C15H24O4. The number of hydrogen-bond acceptors (Lipinski definition) is 2. The monoisotopic (exact) mass is 268 g/mol. The minimum Gasteiger partial charge on any atom is -0.481 e. The number of aliphatic carboxylic acids is 2. The minimum absolute atomic E-state index is 0.172. The fraction of sp³-hybridized carbons (Fsp3) is 0.733. The van der Waals surface area contributed by atoms with Gasteiger partial charge in [-0.25, -0.2) is 4.79 Å². The van der Waals surface area contributed by atoms with Gasteiger partial charge in [0.2, 0.25) is 0 Å². The van der Waals surface area contributed by atoms with Crippen LogP contribution in [0.5, 0.6) is 0 Å². The average molecular weight is 268 g/mol. The van der Waals surface area contributed by atoms with Gasteiger partial charge in [0.1, 0.15) is 0 Å². The highest BCUT2D eigenvalue weighted by molar-refractivity contribution is 5.93. The van der Waals surface area contributed by atoms with Crippen molar-refractivity contribution in [1.82, 2.24) is 0 Å². The van der Waals surface area contributed by atoms with Crippen molar-refractivity contribution in [2.24, 2.45) is 17.3 Å². The largest absolute Gasteiger partial charge is 0.481 e. The molecule has 0 heterocycles. The maximum atomic E-state index is 11.6. The molecule has 3 atom stereocenters. The van der Waals surface area contributed by atoms with E-state index in [0.29, 0.717) is 6.42 Å². The van der Waals surface area contributed by atoms with Crippen molar-refractivity contribution in [3.63, 3.8) is 0 Å². The number of carboxylic acids is 2. The first-order chi connectivity index (χ1) is 8.90. The number of carbonyl (C=O) groups is 2. The second kappa shape index (κ2) is 6.22. The standard InChI is InChI=1S/C15H24O4/c1-4-11-8-6-7-9-15(11,5-2)12(14(18)19)10(3)13(16)17/h11-12H,3-9H2,1-2H3,(H,16,17)(H,18,19). The predicted molar refractivity (Wildman–Crippen MR) is 72.9 cm³/mol. The Labute approximate surface area is 114 Å². The quantitative estimate of drug-likeness (QED) is 0.725. The Morgan fingerprint density at radius 2 is 1.95 bits per heavy atom. The Morgan fingerprint density at radius 1 is 1.32 bits per heavy atom. The second-order valence-corrected chi connectivity index (χ2v) is 5.54. The first-order valence-electron chi connectivity index (χ1n) is 7.05. The summed E-state index contributed by atoms with van der Waals surface area (Å²) in [5.74, 6) is -2.95. The van der Waals surface area contributed by atoms with Crippen LogP contribution in [0.3, 0.4) is 0 Å². The molecule has 1 fully saturated rings. The minimum atomic E-state index is -1.19. The zero-order valence-corrected chi connectivity index (χ0v) is 11.8. The molecule has 4 nitrogen and oxygen atoms in total. The summed E-state index contributed by atoms with van der Waals surface area (Å²) < 4.78 is 0. The number of rotatable bonds is 6. The van der Waals surface area contributed by atoms with Gasteiger partial charge in [0.25, 0.3) is 0 Å². The summed E-state index contributed by atoms with van der Waals surface area (Å²) >= 11 is 0. The molecular weight excluding hydrogens is 244 g/mol. The highest BCUT2D eigenvalue weighted by atomic mass is 16.4. The Balaban J connectivity index is 3.24. The lowest BCUT2D eigenvalue weighted by Gasteiger charge is -2.47. The van der Waals surface area contributed by atoms with Crippen molar-refractivity contribution in [2.45, 2.75) is 52.4 Å². The van der Waals surface area contributed by atoms with Crippen molar-refractivity contribution in [3.05, 3.63) is 12.2 Å². The third-order valence-corrected chi connectivity index (χ3v) is 4.85. The van der Waals surface area contributed by atoms with Gasteiger partial charge in [-0.15, -0.1) is 0 Å². The molecule has 0 amide bonds. The summed E-state index contributed by atoms with van der Waals surface area (Å²) in [5.41, 5.74) is -0.622. The van der Waals surface area contributed by atoms with Gasteiger partial charge in [0.15, 0.2) is 0 Å². The van der Waals surface area contributed by atoms with Crippen molar-refractivity contribution < 1.29 is 19.8 Å². The molecule has 19 heavy (non-hydrogen) atoms.